The van der Waals surface area contributed by atoms with Crippen LogP contribution in [0.1, 0.15) is 24.0 Å². The first-order valence-electron chi connectivity index (χ1n) is 11.6. The molecular formula is C27H29FN2O4S. The van der Waals surface area contributed by atoms with Crippen molar-refractivity contribution in [3.63, 3.8) is 0 Å². The zero-order valence-electron chi connectivity index (χ0n) is 19.6. The van der Waals surface area contributed by atoms with Gasteiger partial charge in [0.2, 0.25) is 5.91 Å². The molecule has 1 saturated heterocycles. The van der Waals surface area contributed by atoms with E-state index in [0.717, 1.165) is 28.3 Å². The van der Waals surface area contributed by atoms with Crippen molar-refractivity contribution >= 4 is 21.6 Å². The van der Waals surface area contributed by atoms with Crippen molar-refractivity contribution < 1.29 is 22.3 Å². The molecule has 35 heavy (non-hydrogen) atoms. The van der Waals surface area contributed by atoms with Crippen molar-refractivity contribution in [3.05, 3.63) is 95.8 Å². The summed E-state index contributed by atoms with van der Waals surface area (Å²) in [6.45, 7) is 2.98. The van der Waals surface area contributed by atoms with Crippen LogP contribution in [0.25, 0.3) is 0 Å². The fraction of sp³-hybridized carbons (Fsp3) is 0.296. The summed E-state index contributed by atoms with van der Waals surface area (Å²) in [7, 11) is -4.06. The molecule has 3 aromatic carbocycles. The van der Waals surface area contributed by atoms with Crippen molar-refractivity contribution in [2.24, 2.45) is 0 Å². The number of anilines is 1. The largest absolute Gasteiger partial charge is 0.381 e. The number of sulfonamides is 1. The number of ether oxygens (including phenoxy) is 1. The lowest BCUT2D eigenvalue weighted by Gasteiger charge is -2.38. The number of halogens is 1. The van der Waals surface area contributed by atoms with Crippen molar-refractivity contribution in [3.8, 4) is 0 Å². The molecule has 184 valence electrons. The van der Waals surface area contributed by atoms with Crippen LogP contribution in [0.15, 0.2) is 83.8 Å². The molecule has 1 amide bonds. The van der Waals surface area contributed by atoms with Crippen molar-refractivity contribution in [2.45, 2.75) is 30.1 Å². The third kappa shape index (κ3) is 5.71. The molecule has 6 nitrogen and oxygen atoms in total. The number of aryl methyl sites for hydroxylation is 1. The molecule has 0 saturated carbocycles. The minimum absolute atomic E-state index is 0.0606. The van der Waals surface area contributed by atoms with Gasteiger partial charge in [0.05, 0.1) is 10.6 Å². The van der Waals surface area contributed by atoms with Crippen LogP contribution in [0.5, 0.6) is 0 Å². The highest BCUT2D eigenvalue weighted by molar-refractivity contribution is 7.92. The van der Waals surface area contributed by atoms with Gasteiger partial charge >= 0.3 is 0 Å². The van der Waals surface area contributed by atoms with E-state index >= 15 is 0 Å². The molecular weight excluding hydrogens is 467 g/mol. The Bertz CT molecular complexity index is 1240. The second kappa shape index (κ2) is 10.6. The SMILES string of the molecule is Cc1ccc(S(=O)(=O)N(CC(=O)NCC2(c3ccccc3)CCOCC2)c2ccc(F)cc2)cc1. The maximum atomic E-state index is 13.5. The van der Waals surface area contributed by atoms with E-state index in [1.165, 1.54) is 36.4 Å². The molecule has 0 aliphatic carbocycles. The van der Waals surface area contributed by atoms with E-state index in [9.17, 15) is 17.6 Å². The summed E-state index contributed by atoms with van der Waals surface area (Å²) in [5.41, 5.74) is 1.96. The van der Waals surface area contributed by atoms with E-state index in [2.05, 4.69) is 5.32 Å². The van der Waals surface area contributed by atoms with Gasteiger partial charge in [-0.05, 0) is 61.7 Å². The van der Waals surface area contributed by atoms with E-state index < -0.39 is 28.3 Å². The highest BCUT2D eigenvalue weighted by Gasteiger charge is 2.35. The molecule has 8 heteroatoms. The van der Waals surface area contributed by atoms with Gasteiger partial charge in [-0.2, -0.15) is 0 Å². The maximum Gasteiger partial charge on any atom is 0.264 e. The fourth-order valence-corrected chi connectivity index (χ4v) is 5.76. The Kier molecular flexibility index (Phi) is 7.52. The van der Waals surface area contributed by atoms with Crippen LogP contribution in [0.3, 0.4) is 0 Å². The lowest BCUT2D eigenvalue weighted by atomic mass is 9.74. The highest BCUT2D eigenvalue weighted by atomic mass is 32.2. The zero-order valence-corrected chi connectivity index (χ0v) is 20.4. The minimum Gasteiger partial charge on any atom is -0.381 e. The summed E-state index contributed by atoms with van der Waals surface area (Å²) < 4.78 is 47.1. The van der Waals surface area contributed by atoms with Crippen molar-refractivity contribution in [1.29, 1.82) is 0 Å². The summed E-state index contributed by atoms with van der Waals surface area (Å²) in [6, 6.07) is 21.5. The second-order valence-corrected chi connectivity index (χ2v) is 10.7. The number of carbonyl (C=O) groups is 1. The number of hydrogen-bond donors (Lipinski definition) is 1. The molecule has 0 atom stereocenters. The molecule has 1 heterocycles. The number of carbonyl (C=O) groups excluding carboxylic acids is 1. The third-order valence-electron chi connectivity index (χ3n) is 6.47. The van der Waals surface area contributed by atoms with Crippen LogP contribution in [-0.4, -0.2) is 40.6 Å². The van der Waals surface area contributed by atoms with Crippen LogP contribution in [0, 0.1) is 12.7 Å². The van der Waals surface area contributed by atoms with E-state index in [0.29, 0.717) is 19.8 Å². The molecule has 1 N–H and O–H groups in total. The Labute approximate surface area is 205 Å². The standard InChI is InChI=1S/C27H29FN2O4S/c1-21-7-13-25(14-8-21)35(32,33)30(24-11-9-23(28)10-12-24)19-26(31)29-20-27(15-17-34-18-16-27)22-5-3-2-4-6-22/h2-14H,15-20H2,1H3,(H,29,31). The normalized spacial score (nSPS) is 15.4. The minimum atomic E-state index is -4.06. The van der Waals surface area contributed by atoms with Crippen molar-refractivity contribution in [1.82, 2.24) is 5.32 Å². The number of amides is 1. The third-order valence-corrected chi connectivity index (χ3v) is 8.26. The van der Waals surface area contributed by atoms with Gasteiger partial charge in [-0.1, -0.05) is 48.0 Å². The first kappa shape index (κ1) is 24.9. The highest BCUT2D eigenvalue weighted by Crippen LogP contribution is 2.34. The Morgan fingerprint density at radius 3 is 2.23 bits per heavy atom. The number of rotatable bonds is 8. The summed E-state index contributed by atoms with van der Waals surface area (Å²) in [4.78, 5) is 13.2. The van der Waals surface area contributed by atoms with Crippen LogP contribution in [-0.2, 0) is 25.0 Å². The van der Waals surface area contributed by atoms with E-state index in [-0.39, 0.29) is 16.0 Å². The summed E-state index contributed by atoms with van der Waals surface area (Å²) in [6.07, 6.45) is 1.50. The van der Waals surface area contributed by atoms with Gasteiger partial charge in [0.15, 0.2) is 0 Å². The number of hydrogen-bond acceptors (Lipinski definition) is 4. The van der Waals surface area contributed by atoms with E-state index in [1.54, 1.807) is 12.1 Å². The summed E-state index contributed by atoms with van der Waals surface area (Å²) >= 11 is 0. The Morgan fingerprint density at radius 1 is 0.971 bits per heavy atom. The smallest absolute Gasteiger partial charge is 0.264 e. The predicted molar refractivity (Wildman–Crippen MR) is 133 cm³/mol. The summed E-state index contributed by atoms with van der Waals surface area (Å²) in [5, 5.41) is 2.96. The van der Waals surface area contributed by atoms with Gasteiger partial charge in [0, 0.05) is 25.2 Å². The van der Waals surface area contributed by atoms with Gasteiger partial charge in [-0.15, -0.1) is 0 Å². The molecule has 0 unspecified atom stereocenters. The van der Waals surface area contributed by atoms with Gasteiger partial charge in [0.25, 0.3) is 10.0 Å². The molecule has 3 aromatic rings. The first-order valence-corrected chi connectivity index (χ1v) is 13.0. The topological polar surface area (TPSA) is 75.7 Å². The average Bonchev–Trinajstić information content (AvgIpc) is 2.88. The lowest BCUT2D eigenvalue weighted by molar-refractivity contribution is -0.120. The molecule has 0 bridgehead atoms. The second-order valence-electron chi connectivity index (χ2n) is 8.84. The van der Waals surface area contributed by atoms with Gasteiger partial charge in [0.1, 0.15) is 12.4 Å². The quantitative estimate of drug-likeness (QED) is 0.507. The molecule has 4 rings (SSSR count). The molecule has 1 fully saturated rings. The van der Waals surface area contributed by atoms with Crippen LogP contribution < -0.4 is 9.62 Å². The zero-order chi connectivity index (χ0) is 24.9. The number of nitrogens with zero attached hydrogens (tertiary/aromatic N) is 1. The van der Waals surface area contributed by atoms with Crippen LogP contribution in [0.2, 0.25) is 0 Å². The van der Waals surface area contributed by atoms with E-state index in [4.69, 9.17) is 4.74 Å². The monoisotopic (exact) mass is 496 g/mol. The molecule has 1 aliphatic rings. The number of benzene rings is 3. The molecule has 1 aliphatic heterocycles. The molecule has 0 radical (unpaired) electrons. The lowest BCUT2D eigenvalue weighted by Crippen LogP contribution is -2.48. The number of nitrogens with one attached hydrogen (secondary N) is 1. The van der Waals surface area contributed by atoms with Crippen molar-refractivity contribution in [2.75, 3.05) is 30.6 Å². The fourth-order valence-electron chi connectivity index (χ4n) is 4.34. The molecule has 0 spiro atoms. The van der Waals surface area contributed by atoms with E-state index in [1.807, 2.05) is 37.3 Å². The predicted octanol–water partition coefficient (Wildman–Crippen LogP) is 4.19. The first-order chi connectivity index (χ1) is 16.8. The average molecular weight is 497 g/mol. The molecule has 0 aromatic heterocycles. The van der Waals surface area contributed by atoms with Crippen LogP contribution >= 0.6 is 0 Å². The Hall–Kier alpha value is -3.23. The van der Waals surface area contributed by atoms with Gasteiger partial charge < -0.3 is 10.1 Å². The summed E-state index contributed by atoms with van der Waals surface area (Å²) in [5.74, 6) is -0.929. The Morgan fingerprint density at radius 2 is 1.60 bits per heavy atom. The van der Waals surface area contributed by atoms with Gasteiger partial charge in [-0.25, -0.2) is 12.8 Å². The van der Waals surface area contributed by atoms with Crippen LogP contribution in [0.4, 0.5) is 10.1 Å². The maximum absolute atomic E-state index is 13.5. The van der Waals surface area contributed by atoms with Gasteiger partial charge in [-0.3, -0.25) is 9.10 Å². The Balaban J connectivity index is 1.57.